The third kappa shape index (κ3) is 1.94. The van der Waals surface area contributed by atoms with Crippen LogP contribution in [0.2, 0.25) is 0 Å². The zero-order valence-corrected chi connectivity index (χ0v) is 9.11. The van der Waals surface area contributed by atoms with Gasteiger partial charge >= 0.3 is 0 Å². The smallest absolute Gasteiger partial charge is 0.140 e. The first kappa shape index (κ1) is 10.7. The number of hydrogen-bond acceptors (Lipinski definition) is 3. The molecule has 0 aliphatic heterocycles. The van der Waals surface area contributed by atoms with Gasteiger partial charge < -0.3 is 14.3 Å². The van der Waals surface area contributed by atoms with E-state index in [-0.39, 0.29) is 0 Å². The molecule has 3 heteroatoms. The first-order valence-electron chi connectivity index (χ1n) is 5.55. The molecule has 0 saturated heterocycles. The summed E-state index contributed by atoms with van der Waals surface area (Å²) in [7, 11) is 1.68. The van der Waals surface area contributed by atoms with Crippen LogP contribution in [0, 0.1) is 0 Å². The predicted molar refractivity (Wildman–Crippen MR) is 56.5 cm³/mol. The second-order valence-corrected chi connectivity index (χ2v) is 4.25. The van der Waals surface area contributed by atoms with Crippen LogP contribution in [0.5, 0.6) is 0 Å². The summed E-state index contributed by atoms with van der Waals surface area (Å²) < 4.78 is 10.8. The lowest BCUT2D eigenvalue weighted by atomic mass is 9.79. The molecule has 0 amide bonds. The van der Waals surface area contributed by atoms with Crippen molar-refractivity contribution < 1.29 is 14.3 Å². The van der Waals surface area contributed by atoms with E-state index in [0.29, 0.717) is 5.76 Å². The fraction of sp³-hybridized carbons (Fsp3) is 0.667. The van der Waals surface area contributed by atoms with Gasteiger partial charge in [0.25, 0.3) is 0 Å². The number of rotatable bonds is 3. The van der Waals surface area contributed by atoms with Crippen molar-refractivity contribution in [1.82, 2.24) is 0 Å². The van der Waals surface area contributed by atoms with Gasteiger partial charge in [-0.2, -0.15) is 0 Å². The van der Waals surface area contributed by atoms with Crippen LogP contribution in [0.25, 0.3) is 0 Å². The summed E-state index contributed by atoms with van der Waals surface area (Å²) in [4.78, 5) is 0. The van der Waals surface area contributed by atoms with Crippen LogP contribution in [0.3, 0.4) is 0 Å². The van der Waals surface area contributed by atoms with Crippen molar-refractivity contribution in [3.05, 3.63) is 24.2 Å². The maximum Gasteiger partial charge on any atom is 0.140 e. The summed E-state index contributed by atoms with van der Waals surface area (Å²) in [6, 6.07) is 3.60. The quantitative estimate of drug-likeness (QED) is 0.834. The van der Waals surface area contributed by atoms with Crippen LogP contribution in [-0.4, -0.2) is 17.8 Å². The van der Waals surface area contributed by atoms with Gasteiger partial charge in [-0.05, 0) is 25.0 Å². The molecule has 3 nitrogen and oxygen atoms in total. The molecular weight excluding hydrogens is 192 g/mol. The summed E-state index contributed by atoms with van der Waals surface area (Å²) in [5.74, 6) is 0.610. The molecule has 1 unspecified atom stereocenters. The van der Waals surface area contributed by atoms with Crippen LogP contribution < -0.4 is 0 Å². The lowest BCUT2D eigenvalue weighted by Gasteiger charge is -2.38. The van der Waals surface area contributed by atoms with Crippen molar-refractivity contribution in [1.29, 1.82) is 0 Å². The number of ether oxygens (including phenoxy) is 1. The number of furan rings is 1. The van der Waals surface area contributed by atoms with E-state index >= 15 is 0 Å². The Bertz CT molecular complexity index is 286. The molecule has 0 aromatic carbocycles. The standard InChI is InChI=1S/C12H18O3/c1-14-12(7-3-2-4-8-12)11(13)10-6-5-9-15-10/h5-6,9,11,13H,2-4,7-8H2,1H3. The van der Waals surface area contributed by atoms with Crippen LogP contribution in [0.1, 0.15) is 44.0 Å². The van der Waals surface area contributed by atoms with Crippen LogP contribution in [0.15, 0.2) is 22.8 Å². The first-order valence-corrected chi connectivity index (χ1v) is 5.55. The minimum Gasteiger partial charge on any atom is -0.466 e. The molecule has 84 valence electrons. The second-order valence-electron chi connectivity index (χ2n) is 4.25. The minimum absolute atomic E-state index is 0.434. The van der Waals surface area contributed by atoms with Gasteiger partial charge in [-0.15, -0.1) is 0 Å². The van der Waals surface area contributed by atoms with E-state index in [0.717, 1.165) is 25.7 Å². The van der Waals surface area contributed by atoms with Crippen molar-refractivity contribution in [2.24, 2.45) is 0 Å². The average molecular weight is 210 g/mol. The van der Waals surface area contributed by atoms with Crippen LogP contribution >= 0.6 is 0 Å². The highest BCUT2D eigenvalue weighted by Gasteiger charge is 2.41. The Hall–Kier alpha value is -0.800. The zero-order valence-electron chi connectivity index (χ0n) is 9.11. The lowest BCUT2D eigenvalue weighted by Crippen LogP contribution is -2.40. The summed E-state index contributed by atoms with van der Waals surface area (Å²) in [5.41, 5.74) is -0.434. The molecule has 1 heterocycles. The predicted octanol–water partition coefficient (Wildman–Crippen LogP) is 2.66. The first-order chi connectivity index (χ1) is 7.28. The number of aliphatic hydroxyl groups excluding tert-OH is 1. The third-order valence-electron chi connectivity index (χ3n) is 3.42. The van der Waals surface area contributed by atoms with Gasteiger partial charge in [0.05, 0.1) is 6.26 Å². The molecule has 15 heavy (non-hydrogen) atoms. The molecule has 1 saturated carbocycles. The maximum absolute atomic E-state index is 10.3. The Morgan fingerprint density at radius 2 is 2.13 bits per heavy atom. The van der Waals surface area contributed by atoms with Gasteiger partial charge in [-0.1, -0.05) is 19.3 Å². The van der Waals surface area contributed by atoms with E-state index in [1.54, 1.807) is 25.5 Å². The molecule has 0 bridgehead atoms. The van der Waals surface area contributed by atoms with E-state index in [4.69, 9.17) is 9.15 Å². The number of methoxy groups -OCH3 is 1. The molecule has 1 aromatic rings. The molecule has 1 aromatic heterocycles. The highest BCUT2D eigenvalue weighted by atomic mass is 16.5. The molecule has 0 radical (unpaired) electrons. The summed E-state index contributed by atoms with van der Waals surface area (Å²) in [6.07, 6.45) is 6.23. The highest BCUT2D eigenvalue weighted by molar-refractivity contribution is 5.08. The van der Waals surface area contributed by atoms with E-state index in [9.17, 15) is 5.11 Å². The average Bonchev–Trinajstić information content (AvgIpc) is 2.82. The van der Waals surface area contributed by atoms with Gasteiger partial charge in [0.15, 0.2) is 0 Å². The third-order valence-corrected chi connectivity index (χ3v) is 3.42. The van der Waals surface area contributed by atoms with E-state index in [1.165, 1.54) is 6.42 Å². The Labute approximate surface area is 90.0 Å². The Kier molecular flexibility index (Phi) is 3.12. The monoisotopic (exact) mass is 210 g/mol. The zero-order chi connectivity index (χ0) is 10.7. The Morgan fingerprint density at radius 3 is 2.67 bits per heavy atom. The van der Waals surface area contributed by atoms with Crippen molar-refractivity contribution in [3.8, 4) is 0 Å². The lowest BCUT2D eigenvalue weighted by molar-refractivity contribution is -0.131. The molecule has 1 N–H and O–H groups in total. The molecule has 1 fully saturated rings. The summed E-state index contributed by atoms with van der Waals surface area (Å²) >= 11 is 0. The maximum atomic E-state index is 10.3. The molecule has 0 spiro atoms. The largest absolute Gasteiger partial charge is 0.466 e. The minimum atomic E-state index is -0.641. The fourth-order valence-electron chi connectivity index (χ4n) is 2.45. The fourth-order valence-corrected chi connectivity index (χ4v) is 2.45. The molecular formula is C12H18O3. The second kappa shape index (κ2) is 4.37. The molecule has 1 aliphatic carbocycles. The van der Waals surface area contributed by atoms with Gasteiger partial charge in [0.1, 0.15) is 17.5 Å². The number of hydrogen-bond donors (Lipinski definition) is 1. The molecule has 1 aliphatic rings. The van der Waals surface area contributed by atoms with Crippen LogP contribution in [0.4, 0.5) is 0 Å². The van der Waals surface area contributed by atoms with Gasteiger partial charge in [0, 0.05) is 7.11 Å². The van der Waals surface area contributed by atoms with Crippen molar-refractivity contribution in [2.45, 2.75) is 43.8 Å². The SMILES string of the molecule is COC1(C(O)c2ccco2)CCCCC1. The van der Waals surface area contributed by atoms with Gasteiger partial charge in [0.2, 0.25) is 0 Å². The van der Waals surface area contributed by atoms with Gasteiger partial charge in [-0.3, -0.25) is 0 Å². The highest BCUT2D eigenvalue weighted by Crippen LogP contribution is 2.40. The van der Waals surface area contributed by atoms with Crippen molar-refractivity contribution in [3.63, 3.8) is 0 Å². The number of aliphatic hydroxyl groups is 1. The van der Waals surface area contributed by atoms with Gasteiger partial charge in [-0.25, -0.2) is 0 Å². The summed E-state index contributed by atoms with van der Waals surface area (Å²) in [6.45, 7) is 0. The van der Waals surface area contributed by atoms with E-state index in [1.807, 2.05) is 0 Å². The Balaban J connectivity index is 2.18. The van der Waals surface area contributed by atoms with Crippen molar-refractivity contribution >= 4 is 0 Å². The molecule has 1 atom stereocenters. The van der Waals surface area contributed by atoms with E-state index in [2.05, 4.69) is 0 Å². The summed E-state index contributed by atoms with van der Waals surface area (Å²) in [5, 5.41) is 10.3. The van der Waals surface area contributed by atoms with Crippen LogP contribution in [-0.2, 0) is 4.74 Å². The molecule has 2 rings (SSSR count). The Morgan fingerprint density at radius 1 is 1.40 bits per heavy atom. The topological polar surface area (TPSA) is 42.6 Å². The van der Waals surface area contributed by atoms with E-state index < -0.39 is 11.7 Å². The van der Waals surface area contributed by atoms with Crippen molar-refractivity contribution in [2.75, 3.05) is 7.11 Å². The normalized spacial score (nSPS) is 22.5.